The van der Waals surface area contributed by atoms with Gasteiger partial charge in [0.15, 0.2) is 11.5 Å². The molecule has 4 heterocycles. The van der Waals surface area contributed by atoms with Crippen molar-refractivity contribution in [3.63, 3.8) is 0 Å². The van der Waals surface area contributed by atoms with Crippen LogP contribution in [0.25, 0.3) is 0 Å². The van der Waals surface area contributed by atoms with Gasteiger partial charge < -0.3 is 24.0 Å². The number of nitrogens with one attached hydrogen (secondary N) is 1. The van der Waals surface area contributed by atoms with Crippen molar-refractivity contribution in [1.29, 1.82) is 0 Å². The number of H-pyrrole nitrogens is 1. The van der Waals surface area contributed by atoms with Crippen LogP contribution in [0.5, 0.6) is 0 Å². The van der Waals surface area contributed by atoms with E-state index in [1.54, 1.807) is 46.4 Å². The average Bonchev–Trinajstić information content (AvgIpc) is 3.41. The van der Waals surface area contributed by atoms with Crippen molar-refractivity contribution in [2.24, 2.45) is 0 Å². The molecule has 0 spiro atoms. The number of alkyl halides is 3. The molecule has 2 amide bonds. The summed E-state index contributed by atoms with van der Waals surface area (Å²) < 4.78 is 56.5. The van der Waals surface area contributed by atoms with Gasteiger partial charge in [-0.1, -0.05) is 6.07 Å². The Morgan fingerprint density at radius 3 is 2.52 bits per heavy atom. The molecule has 10 nitrogen and oxygen atoms in total. The summed E-state index contributed by atoms with van der Waals surface area (Å²) in [7, 11) is 0. The van der Waals surface area contributed by atoms with E-state index in [-0.39, 0.29) is 31.4 Å². The molecule has 0 saturated carbocycles. The molecule has 2 aliphatic rings. The highest BCUT2D eigenvalue weighted by Gasteiger charge is 2.40. The predicted molar refractivity (Wildman–Crippen MR) is 137 cm³/mol. The minimum Gasteiger partial charge on any atom is -0.444 e. The van der Waals surface area contributed by atoms with Gasteiger partial charge in [0.2, 0.25) is 0 Å². The summed E-state index contributed by atoms with van der Waals surface area (Å²) in [6, 6.07) is 1.34. The van der Waals surface area contributed by atoms with E-state index in [1.165, 1.54) is 11.0 Å². The number of aromatic amines is 1. The molecule has 0 aromatic carbocycles. The molecule has 1 fully saturated rings. The summed E-state index contributed by atoms with van der Waals surface area (Å²) in [5.41, 5.74) is 0.133. The van der Waals surface area contributed by atoms with Crippen LogP contribution < -0.4 is 0 Å². The lowest BCUT2D eigenvalue weighted by atomic mass is 9.99. The van der Waals surface area contributed by atoms with E-state index >= 15 is 0 Å². The summed E-state index contributed by atoms with van der Waals surface area (Å²) in [5, 5.41) is 7.26. The fraction of sp³-hybridized carbons (Fsp3) is 0.630. The lowest BCUT2D eigenvalue weighted by Gasteiger charge is -2.35. The Hall–Kier alpha value is -3.19. The Morgan fingerprint density at radius 2 is 1.98 bits per heavy atom. The van der Waals surface area contributed by atoms with Crippen molar-refractivity contribution in [3.05, 3.63) is 46.5 Å². The number of pyridine rings is 1. The summed E-state index contributed by atoms with van der Waals surface area (Å²) in [4.78, 5) is 33.6. The highest BCUT2D eigenvalue weighted by Crippen LogP contribution is 2.32. The first-order valence-electron chi connectivity index (χ1n) is 13.2. The first-order chi connectivity index (χ1) is 18.4. The van der Waals surface area contributed by atoms with Crippen molar-refractivity contribution in [2.45, 2.75) is 97.2 Å². The van der Waals surface area contributed by atoms with Crippen molar-refractivity contribution < 1.29 is 37.0 Å². The maximum absolute atomic E-state index is 14.1. The summed E-state index contributed by atoms with van der Waals surface area (Å²) in [6.45, 7) is 12.9. The van der Waals surface area contributed by atoms with Crippen molar-refractivity contribution >= 4 is 12.0 Å². The molecular formula is C27H36F3N5O5. The molecule has 1 N–H and O–H groups in total. The predicted octanol–water partition coefficient (Wildman–Crippen LogP) is 4.86. The van der Waals surface area contributed by atoms with Crippen LogP contribution in [-0.4, -0.2) is 73.7 Å². The number of amides is 2. The third-order valence-corrected chi connectivity index (χ3v) is 6.90. The van der Waals surface area contributed by atoms with Crippen LogP contribution in [0.1, 0.15) is 87.5 Å². The van der Waals surface area contributed by atoms with E-state index in [9.17, 15) is 22.8 Å². The topological polar surface area (TPSA) is 110 Å². The Labute approximate surface area is 231 Å². The number of carbonyl (C=O) groups excluding carboxylic acids is 2. The largest absolute Gasteiger partial charge is 0.444 e. The molecule has 0 unspecified atom stereocenters. The smallest absolute Gasteiger partial charge is 0.433 e. The molecule has 4 rings (SSSR count). The molecule has 1 saturated heterocycles. The monoisotopic (exact) mass is 567 g/mol. The van der Waals surface area contributed by atoms with Crippen LogP contribution in [-0.2, 0) is 33.4 Å². The van der Waals surface area contributed by atoms with Crippen molar-refractivity contribution in [3.8, 4) is 0 Å². The molecule has 2 aliphatic heterocycles. The number of hydrogen-bond acceptors (Lipinski definition) is 7. The van der Waals surface area contributed by atoms with Crippen LogP contribution in [0.15, 0.2) is 18.3 Å². The van der Waals surface area contributed by atoms with E-state index < -0.39 is 47.4 Å². The van der Waals surface area contributed by atoms with Gasteiger partial charge in [0.1, 0.15) is 17.4 Å². The maximum Gasteiger partial charge on any atom is 0.433 e. The first-order valence-corrected chi connectivity index (χ1v) is 13.2. The third kappa shape index (κ3) is 6.57. The molecule has 2 aromatic heterocycles. The number of ether oxygens (including phenoxy) is 3. The summed E-state index contributed by atoms with van der Waals surface area (Å²) >= 11 is 0. The van der Waals surface area contributed by atoms with Crippen LogP contribution in [0.3, 0.4) is 0 Å². The average molecular weight is 568 g/mol. The molecule has 220 valence electrons. The van der Waals surface area contributed by atoms with E-state index in [4.69, 9.17) is 14.2 Å². The molecule has 0 bridgehead atoms. The first kappa shape index (κ1) is 29.8. The summed E-state index contributed by atoms with van der Waals surface area (Å²) in [6.07, 6.45) is -3.98. The van der Waals surface area contributed by atoms with Crippen LogP contribution in [0.4, 0.5) is 18.0 Å². The number of hydrogen-bond donors (Lipinski definition) is 1. The SMILES string of the molecule is C[C@@H]1Cc2[nH]nc(C(=O)N(C[C@@H]3COC(C)(C)O3)[C@@H](C)c3ccc(C(F)(F)F)nc3)c2CN1C(=O)OC(C)(C)C. The Balaban J connectivity index is 1.64. The number of nitrogens with zero attached hydrogens (tertiary/aromatic N) is 4. The Morgan fingerprint density at radius 1 is 1.27 bits per heavy atom. The number of rotatable bonds is 5. The quantitative estimate of drug-likeness (QED) is 0.550. The second kappa shape index (κ2) is 10.7. The van der Waals surface area contributed by atoms with Crippen LogP contribution in [0, 0.1) is 0 Å². The highest BCUT2D eigenvalue weighted by molar-refractivity contribution is 5.94. The molecule has 13 heteroatoms. The van der Waals surface area contributed by atoms with Crippen molar-refractivity contribution in [2.75, 3.05) is 13.2 Å². The highest BCUT2D eigenvalue weighted by atomic mass is 19.4. The Bertz CT molecular complexity index is 1240. The molecule has 2 aromatic rings. The summed E-state index contributed by atoms with van der Waals surface area (Å²) in [5.74, 6) is -1.30. The standard InChI is InChI=1S/C27H36F3N5O5/c1-15-10-20-19(13-34(15)24(37)40-25(3,4)5)22(33-32-20)23(36)35(12-18-14-38-26(6,7)39-18)16(2)17-8-9-21(31-11-17)27(28,29)30/h8-9,11,15-16,18H,10,12-14H2,1-7H3,(H,32,33)/t15-,16+,18-/m1/s1. The molecular weight excluding hydrogens is 531 g/mol. The van der Waals surface area contributed by atoms with Gasteiger partial charge in [-0.15, -0.1) is 0 Å². The second-order valence-electron chi connectivity index (χ2n) is 11.7. The van der Waals surface area contributed by atoms with Gasteiger partial charge in [-0.3, -0.25) is 14.9 Å². The number of aromatic nitrogens is 3. The van der Waals surface area contributed by atoms with Gasteiger partial charge in [0, 0.05) is 29.9 Å². The van der Waals surface area contributed by atoms with E-state index in [2.05, 4.69) is 15.2 Å². The zero-order valence-electron chi connectivity index (χ0n) is 23.8. The van der Waals surface area contributed by atoms with Gasteiger partial charge in [-0.05, 0) is 60.1 Å². The fourth-order valence-electron chi connectivity index (χ4n) is 4.84. The lowest BCUT2D eigenvalue weighted by molar-refractivity contribution is -0.141. The van der Waals surface area contributed by atoms with Gasteiger partial charge in [-0.2, -0.15) is 18.3 Å². The second-order valence-corrected chi connectivity index (χ2v) is 11.7. The van der Waals surface area contributed by atoms with E-state index in [0.29, 0.717) is 17.5 Å². The van der Waals surface area contributed by atoms with Gasteiger partial charge in [-0.25, -0.2) is 4.79 Å². The number of fused-ring (bicyclic) bond motifs is 1. The lowest BCUT2D eigenvalue weighted by Crippen LogP contribution is -2.46. The minimum atomic E-state index is -4.58. The van der Waals surface area contributed by atoms with Crippen LogP contribution >= 0.6 is 0 Å². The molecule has 0 radical (unpaired) electrons. The van der Waals surface area contributed by atoms with Gasteiger partial charge in [0.05, 0.1) is 25.7 Å². The normalized spacial score (nSPS) is 21.6. The molecule has 3 atom stereocenters. The van der Waals surface area contributed by atoms with E-state index in [0.717, 1.165) is 18.0 Å². The molecule has 40 heavy (non-hydrogen) atoms. The van der Waals surface area contributed by atoms with E-state index in [1.807, 2.05) is 6.92 Å². The molecule has 0 aliphatic carbocycles. The fourth-order valence-corrected chi connectivity index (χ4v) is 4.84. The number of carbonyl (C=O) groups is 2. The van der Waals surface area contributed by atoms with Crippen LogP contribution in [0.2, 0.25) is 0 Å². The number of halogens is 3. The van der Waals surface area contributed by atoms with Gasteiger partial charge >= 0.3 is 12.3 Å². The zero-order valence-corrected chi connectivity index (χ0v) is 23.8. The van der Waals surface area contributed by atoms with Crippen molar-refractivity contribution in [1.82, 2.24) is 25.0 Å². The third-order valence-electron chi connectivity index (χ3n) is 6.90. The minimum absolute atomic E-state index is 0.0955. The Kier molecular flexibility index (Phi) is 7.94. The van der Waals surface area contributed by atoms with Gasteiger partial charge in [0.25, 0.3) is 5.91 Å². The maximum atomic E-state index is 14.1. The zero-order chi connectivity index (χ0) is 29.6.